The third-order valence-corrected chi connectivity index (χ3v) is 3.67. The highest BCUT2D eigenvalue weighted by molar-refractivity contribution is 7.89. The van der Waals surface area contributed by atoms with Crippen LogP contribution in [0, 0.1) is 0 Å². The van der Waals surface area contributed by atoms with Gasteiger partial charge in [0.1, 0.15) is 5.54 Å². The van der Waals surface area contributed by atoms with Crippen molar-refractivity contribution >= 4 is 16.0 Å². The van der Waals surface area contributed by atoms with Gasteiger partial charge < -0.3 is 4.74 Å². The summed E-state index contributed by atoms with van der Waals surface area (Å²) in [7, 11) is -2.16. The zero-order valence-corrected chi connectivity index (χ0v) is 10.5. The highest BCUT2D eigenvalue weighted by atomic mass is 32.2. The van der Waals surface area contributed by atoms with Gasteiger partial charge in [0.15, 0.2) is 0 Å². The van der Waals surface area contributed by atoms with Crippen molar-refractivity contribution < 1.29 is 17.9 Å². The van der Waals surface area contributed by atoms with Gasteiger partial charge in [0.05, 0.1) is 12.9 Å². The molecule has 0 rings (SSSR count). The normalized spacial score (nSPS) is 15.7. The highest BCUT2D eigenvalue weighted by Crippen LogP contribution is 2.15. The molecule has 0 heterocycles. The summed E-state index contributed by atoms with van der Waals surface area (Å²) in [5, 5.41) is 0. The lowest BCUT2D eigenvalue weighted by atomic mass is 9.98. The minimum atomic E-state index is -3.41. The Bertz CT molecular complexity index is 312. The van der Waals surface area contributed by atoms with Gasteiger partial charge in [-0.25, -0.2) is 8.42 Å². The van der Waals surface area contributed by atoms with Gasteiger partial charge in [0.2, 0.25) is 10.0 Å². The third kappa shape index (κ3) is 4.17. The Kier molecular flexibility index (Phi) is 5.23. The van der Waals surface area contributed by atoms with E-state index in [0.29, 0.717) is 12.8 Å². The Morgan fingerprint density at radius 3 is 2.27 bits per heavy atom. The molecule has 0 fully saturated rings. The third-order valence-electron chi connectivity index (χ3n) is 2.15. The summed E-state index contributed by atoms with van der Waals surface area (Å²) in [6.45, 7) is 4.93. The van der Waals surface area contributed by atoms with Crippen molar-refractivity contribution in [2.45, 2.75) is 39.2 Å². The summed E-state index contributed by atoms with van der Waals surface area (Å²) < 4.78 is 29.7. The van der Waals surface area contributed by atoms with Crippen LogP contribution in [0.15, 0.2) is 0 Å². The second kappa shape index (κ2) is 5.46. The van der Waals surface area contributed by atoms with Gasteiger partial charge in [0, 0.05) is 0 Å². The predicted octanol–water partition coefficient (Wildman–Crippen LogP) is 0.657. The second-order valence-electron chi connectivity index (χ2n) is 3.58. The molecule has 0 aromatic heterocycles. The fourth-order valence-electron chi connectivity index (χ4n) is 1.34. The van der Waals surface area contributed by atoms with Crippen molar-refractivity contribution in [3.63, 3.8) is 0 Å². The summed E-state index contributed by atoms with van der Waals surface area (Å²) >= 11 is 0. The molecular weight excluding hydrogens is 218 g/mol. The van der Waals surface area contributed by atoms with Crippen LogP contribution in [-0.2, 0) is 19.6 Å². The standard InChI is InChI=1S/C9H19NO4S/c1-5-7-9(3,8(11)14-4)10-15(12,13)6-2/h10H,5-7H2,1-4H3. The van der Waals surface area contributed by atoms with Gasteiger partial charge >= 0.3 is 5.97 Å². The number of carbonyl (C=O) groups is 1. The molecule has 0 saturated heterocycles. The smallest absolute Gasteiger partial charge is 0.326 e. The number of hydrogen-bond donors (Lipinski definition) is 1. The molecule has 0 aliphatic carbocycles. The lowest BCUT2D eigenvalue weighted by Crippen LogP contribution is -2.52. The Balaban J connectivity index is 4.89. The first-order valence-electron chi connectivity index (χ1n) is 4.91. The zero-order valence-electron chi connectivity index (χ0n) is 9.66. The largest absolute Gasteiger partial charge is 0.468 e. The molecule has 15 heavy (non-hydrogen) atoms. The van der Waals surface area contributed by atoms with Crippen LogP contribution in [0.5, 0.6) is 0 Å². The van der Waals surface area contributed by atoms with Gasteiger partial charge in [-0.2, -0.15) is 4.72 Å². The maximum absolute atomic E-state index is 11.5. The molecule has 0 spiro atoms. The average molecular weight is 237 g/mol. The van der Waals surface area contributed by atoms with Crippen molar-refractivity contribution in [2.24, 2.45) is 0 Å². The van der Waals surface area contributed by atoms with E-state index in [-0.39, 0.29) is 5.75 Å². The maximum atomic E-state index is 11.5. The number of sulfonamides is 1. The Morgan fingerprint density at radius 1 is 1.40 bits per heavy atom. The molecular formula is C9H19NO4S. The first-order chi connectivity index (χ1) is 6.81. The average Bonchev–Trinajstić information content (AvgIpc) is 2.16. The van der Waals surface area contributed by atoms with Crippen molar-refractivity contribution in [2.75, 3.05) is 12.9 Å². The number of esters is 1. The van der Waals surface area contributed by atoms with Gasteiger partial charge in [-0.15, -0.1) is 0 Å². The van der Waals surface area contributed by atoms with Crippen LogP contribution >= 0.6 is 0 Å². The minimum absolute atomic E-state index is 0.0523. The molecule has 1 unspecified atom stereocenters. The van der Waals surface area contributed by atoms with Gasteiger partial charge in [0.25, 0.3) is 0 Å². The number of rotatable bonds is 6. The molecule has 5 nitrogen and oxygen atoms in total. The van der Waals surface area contributed by atoms with E-state index in [0.717, 1.165) is 0 Å². The zero-order chi connectivity index (χ0) is 12.1. The molecule has 0 aromatic rings. The highest BCUT2D eigenvalue weighted by Gasteiger charge is 2.36. The summed E-state index contributed by atoms with van der Waals surface area (Å²) in [6, 6.07) is 0. The Labute approximate surface area is 91.2 Å². The van der Waals surface area contributed by atoms with Crippen molar-refractivity contribution in [3.05, 3.63) is 0 Å². The second-order valence-corrected chi connectivity index (χ2v) is 5.59. The molecule has 0 radical (unpaired) electrons. The Hall–Kier alpha value is -0.620. The molecule has 0 amide bonds. The van der Waals surface area contributed by atoms with Gasteiger partial charge in [-0.05, 0) is 20.3 Å². The fraction of sp³-hybridized carbons (Fsp3) is 0.889. The van der Waals surface area contributed by atoms with Crippen LogP contribution in [0.25, 0.3) is 0 Å². The van der Waals surface area contributed by atoms with E-state index in [2.05, 4.69) is 9.46 Å². The molecule has 0 aromatic carbocycles. The topological polar surface area (TPSA) is 72.5 Å². The number of nitrogens with one attached hydrogen (secondary N) is 1. The molecule has 1 atom stereocenters. The molecule has 6 heteroatoms. The number of hydrogen-bond acceptors (Lipinski definition) is 4. The van der Waals surface area contributed by atoms with Crippen LogP contribution in [0.2, 0.25) is 0 Å². The molecule has 90 valence electrons. The summed E-state index contributed by atoms with van der Waals surface area (Å²) in [6.07, 6.45) is 1.11. The van der Waals surface area contributed by atoms with E-state index < -0.39 is 21.5 Å². The SMILES string of the molecule is CCCC(C)(NS(=O)(=O)CC)C(=O)OC. The van der Waals surface area contributed by atoms with Crippen LogP contribution < -0.4 is 4.72 Å². The molecule has 1 N–H and O–H groups in total. The lowest BCUT2D eigenvalue weighted by Gasteiger charge is -2.26. The number of methoxy groups -OCH3 is 1. The van der Waals surface area contributed by atoms with Crippen LogP contribution in [-0.4, -0.2) is 32.8 Å². The number of ether oxygens (including phenoxy) is 1. The van der Waals surface area contributed by atoms with Crippen molar-refractivity contribution in [1.82, 2.24) is 4.72 Å². The van der Waals surface area contributed by atoms with Crippen LogP contribution in [0.1, 0.15) is 33.6 Å². The molecule has 0 bridgehead atoms. The number of carbonyl (C=O) groups excluding carboxylic acids is 1. The van der Waals surface area contributed by atoms with Crippen molar-refractivity contribution in [1.29, 1.82) is 0 Å². The van der Waals surface area contributed by atoms with E-state index in [1.165, 1.54) is 21.0 Å². The monoisotopic (exact) mass is 237 g/mol. The van der Waals surface area contributed by atoms with Crippen molar-refractivity contribution in [3.8, 4) is 0 Å². The van der Waals surface area contributed by atoms with E-state index in [9.17, 15) is 13.2 Å². The fourth-order valence-corrected chi connectivity index (χ4v) is 2.35. The van der Waals surface area contributed by atoms with Gasteiger partial charge in [-0.1, -0.05) is 13.3 Å². The summed E-state index contributed by atoms with van der Waals surface area (Å²) in [4.78, 5) is 11.5. The van der Waals surface area contributed by atoms with E-state index in [4.69, 9.17) is 0 Å². The van der Waals surface area contributed by atoms with E-state index in [1.807, 2.05) is 6.92 Å². The molecule has 0 aliphatic heterocycles. The quantitative estimate of drug-likeness (QED) is 0.689. The van der Waals surface area contributed by atoms with E-state index >= 15 is 0 Å². The van der Waals surface area contributed by atoms with E-state index in [1.54, 1.807) is 0 Å². The summed E-state index contributed by atoms with van der Waals surface area (Å²) in [5.41, 5.74) is -1.15. The Morgan fingerprint density at radius 2 is 1.93 bits per heavy atom. The molecule has 0 saturated carbocycles. The lowest BCUT2D eigenvalue weighted by molar-refractivity contribution is -0.147. The first kappa shape index (κ1) is 14.4. The minimum Gasteiger partial charge on any atom is -0.468 e. The van der Waals surface area contributed by atoms with Crippen LogP contribution in [0.4, 0.5) is 0 Å². The molecule has 0 aliphatic rings. The maximum Gasteiger partial charge on any atom is 0.326 e. The predicted molar refractivity (Wildman–Crippen MR) is 57.9 cm³/mol. The summed E-state index contributed by atoms with van der Waals surface area (Å²) in [5.74, 6) is -0.607. The first-order valence-corrected chi connectivity index (χ1v) is 6.56. The van der Waals surface area contributed by atoms with Gasteiger partial charge in [-0.3, -0.25) is 4.79 Å². The van der Waals surface area contributed by atoms with Crippen LogP contribution in [0.3, 0.4) is 0 Å².